The molecule has 1 aliphatic rings. The topological polar surface area (TPSA) is 72.4 Å². The van der Waals surface area contributed by atoms with Crippen LogP contribution in [0.5, 0.6) is 11.5 Å². The molecule has 1 N–H and O–H groups in total. The normalized spacial score (nSPS) is 13.0. The third kappa shape index (κ3) is 3.83. The van der Waals surface area contributed by atoms with Crippen molar-refractivity contribution in [2.45, 2.75) is 19.5 Å². The molecule has 7 heteroatoms. The highest BCUT2D eigenvalue weighted by molar-refractivity contribution is 5.52. The first-order valence-corrected chi connectivity index (χ1v) is 9.23. The van der Waals surface area contributed by atoms with E-state index in [1.807, 2.05) is 24.3 Å². The van der Waals surface area contributed by atoms with Crippen LogP contribution in [0.1, 0.15) is 16.7 Å². The number of aromatic nitrogens is 3. The van der Waals surface area contributed by atoms with E-state index in [2.05, 4.69) is 43.6 Å². The first kappa shape index (κ1) is 18.0. The standard InChI is InChI=1S/C21H23N5O2/c1-27-18-10-16-8-9-26(14-17(16)11-19(18)28-2)20-13-23-25-21(24-20)22-12-15-6-4-3-5-7-15/h3-7,10-11,13H,8-9,12,14H2,1-2H3,(H,22,24,25). The summed E-state index contributed by atoms with van der Waals surface area (Å²) in [5, 5.41) is 11.5. The molecule has 1 aromatic heterocycles. The van der Waals surface area contributed by atoms with Gasteiger partial charge in [0, 0.05) is 19.6 Å². The maximum atomic E-state index is 5.44. The predicted octanol–water partition coefficient (Wildman–Crippen LogP) is 3.06. The number of methoxy groups -OCH3 is 2. The van der Waals surface area contributed by atoms with Crippen LogP contribution < -0.4 is 19.7 Å². The Morgan fingerprint density at radius 3 is 2.54 bits per heavy atom. The van der Waals surface area contributed by atoms with Crippen molar-refractivity contribution < 1.29 is 9.47 Å². The Labute approximate surface area is 164 Å². The number of benzene rings is 2. The van der Waals surface area contributed by atoms with Gasteiger partial charge < -0.3 is 19.7 Å². The Morgan fingerprint density at radius 2 is 1.79 bits per heavy atom. The van der Waals surface area contributed by atoms with E-state index >= 15 is 0 Å². The van der Waals surface area contributed by atoms with Crippen molar-refractivity contribution in [1.29, 1.82) is 0 Å². The molecule has 0 aliphatic carbocycles. The van der Waals surface area contributed by atoms with Crippen molar-refractivity contribution in [1.82, 2.24) is 15.2 Å². The van der Waals surface area contributed by atoms with E-state index in [0.717, 1.165) is 36.8 Å². The van der Waals surface area contributed by atoms with Crippen LogP contribution in [-0.4, -0.2) is 35.9 Å². The molecular formula is C21H23N5O2. The Balaban J connectivity index is 1.49. The fraction of sp³-hybridized carbons (Fsp3) is 0.286. The van der Waals surface area contributed by atoms with Crippen LogP contribution in [0.15, 0.2) is 48.7 Å². The van der Waals surface area contributed by atoms with Gasteiger partial charge in [0.05, 0.1) is 20.4 Å². The maximum absolute atomic E-state index is 5.44. The zero-order chi connectivity index (χ0) is 19.3. The number of anilines is 2. The summed E-state index contributed by atoms with van der Waals surface area (Å²) >= 11 is 0. The average molecular weight is 377 g/mol. The van der Waals surface area contributed by atoms with Crippen molar-refractivity contribution in [2.24, 2.45) is 0 Å². The number of hydrogen-bond donors (Lipinski definition) is 1. The third-order valence-corrected chi connectivity index (χ3v) is 4.88. The summed E-state index contributed by atoms with van der Waals surface area (Å²) in [4.78, 5) is 6.85. The van der Waals surface area contributed by atoms with Gasteiger partial charge in [0.1, 0.15) is 0 Å². The smallest absolute Gasteiger partial charge is 0.244 e. The van der Waals surface area contributed by atoms with Crippen LogP contribution in [-0.2, 0) is 19.5 Å². The first-order valence-electron chi connectivity index (χ1n) is 9.23. The second-order valence-corrected chi connectivity index (χ2v) is 6.62. The Bertz CT molecular complexity index is 949. The van der Waals surface area contributed by atoms with Gasteiger partial charge in [-0.3, -0.25) is 0 Å². The van der Waals surface area contributed by atoms with E-state index in [9.17, 15) is 0 Å². The SMILES string of the molecule is COc1cc2c(cc1OC)CN(c1cnnc(NCc3ccccc3)n1)CC2. The van der Waals surface area contributed by atoms with Crippen molar-refractivity contribution in [3.63, 3.8) is 0 Å². The molecule has 0 fully saturated rings. The molecule has 0 unspecified atom stereocenters. The highest BCUT2D eigenvalue weighted by Gasteiger charge is 2.21. The Morgan fingerprint density at radius 1 is 1.04 bits per heavy atom. The zero-order valence-electron chi connectivity index (χ0n) is 16.1. The van der Waals surface area contributed by atoms with E-state index in [0.29, 0.717) is 12.5 Å². The zero-order valence-corrected chi connectivity index (χ0v) is 16.1. The van der Waals surface area contributed by atoms with E-state index in [1.165, 1.54) is 16.7 Å². The minimum absolute atomic E-state index is 0.527. The molecule has 0 bridgehead atoms. The van der Waals surface area contributed by atoms with Crippen molar-refractivity contribution in [2.75, 3.05) is 31.0 Å². The highest BCUT2D eigenvalue weighted by atomic mass is 16.5. The molecule has 2 aromatic carbocycles. The van der Waals surface area contributed by atoms with Crippen LogP contribution in [0, 0.1) is 0 Å². The molecule has 0 spiro atoms. The molecule has 0 radical (unpaired) electrons. The molecule has 4 rings (SSSR count). The quantitative estimate of drug-likeness (QED) is 0.708. The molecule has 144 valence electrons. The summed E-state index contributed by atoms with van der Waals surface area (Å²) < 4.78 is 10.9. The van der Waals surface area contributed by atoms with Crippen LogP contribution in [0.25, 0.3) is 0 Å². The van der Waals surface area contributed by atoms with Gasteiger partial charge in [-0.15, -0.1) is 5.10 Å². The molecule has 0 atom stereocenters. The van der Waals surface area contributed by atoms with E-state index in [1.54, 1.807) is 20.4 Å². The van der Waals surface area contributed by atoms with Crippen LogP contribution in [0.2, 0.25) is 0 Å². The predicted molar refractivity (Wildman–Crippen MR) is 108 cm³/mol. The second kappa shape index (κ2) is 8.12. The highest BCUT2D eigenvalue weighted by Crippen LogP contribution is 2.34. The number of nitrogens with one attached hydrogen (secondary N) is 1. The van der Waals surface area contributed by atoms with Crippen molar-refractivity contribution >= 4 is 11.8 Å². The lowest BCUT2D eigenvalue weighted by molar-refractivity contribution is 0.353. The number of hydrogen-bond acceptors (Lipinski definition) is 7. The molecular weight excluding hydrogens is 354 g/mol. The summed E-state index contributed by atoms with van der Waals surface area (Å²) in [7, 11) is 3.32. The number of ether oxygens (including phenoxy) is 2. The lowest BCUT2D eigenvalue weighted by Gasteiger charge is -2.30. The van der Waals surface area contributed by atoms with Gasteiger partial charge in [0.15, 0.2) is 17.3 Å². The largest absolute Gasteiger partial charge is 0.493 e. The van der Waals surface area contributed by atoms with E-state index < -0.39 is 0 Å². The van der Waals surface area contributed by atoms with Crippen LogP contribution in [0.4, 0.5) is 11.8 Å². The van der Waals surface area contributed by atoms with Gasteiger partial charge in [-0.1, -0.05) is 30.3 Å². The third-order valence-electron chi connectivity index (χ3n) is 4.88. The molecule has 1 aliphatic heterocycles. The van der Waals surface area contributed by atoms with Gasteiger partial charge in [-0.2, -0.15) is 10.1 Å². The van der Waals surface area contributed by atoms with Gasteiger partial charge in [0.2, 0.25) is 5.95 Å². The molecule has 28 heavy (non-hydrogen) atoms. The maximum Gasteiger partial charge on any atom is 0.244 e. The number of nitrogens with zero attached hydrogens (tertiary/aromatic N) is 4. The van der Waals surface area contributed by atoms with Crippen molar-refractivity contribution in [3.05, 3.63) is 65.4 Å². The Hall–Kier alpha value is -3.35. The molecule has 0 saturated heterocycles. The summed E-state index contributed by atoms with van der Waals surface area (Å²) in [5.74, 6) is 2.85. The molecule has 0 saturated carbocycles. The molecule has 2 heterocycles. The molecule has 0 amide bonds. The van der Waals surface area contributed by atoms with E-state index in [-0.39, 0.29) is 0 Å². The summed E-state index contributed by atoms with van der Waals surface area (Å²) in [6.07, 6.45) is 2.62. The number of rotatable bonds is 6. The average Bonchev–Trinajstić information content (AvgIpc) is 2.77. The summed E-state index contributed by atoms with van der Waals surface area (Å²) in [6.45, 7) is 2.26. The van der Waals surface area contributed by atoms with Gasteiger partial charge in [0.25, 0.3) is 0 Å². The fourth-order valence-electron chi connectivity index (χ4n) is 3.38. The van der Waals surface area contributed by atoms with Crippen LogP contribution in [0.3, 0.4) is 0 Å². The molecule has 7 nitrogen and oxygen atoms in total. The monoisotopic (exact) mass is 377 g/mol. The minimum Gasteiger partial charge on any atom is -0.493 e. The van der Waals surface area contributed by atoms with Gasteiger partial charge in [-0.25, -0.2) is 0 Å². The second-order valence-electron chi connectivity index (χ2n) is 6.62. The fourth-order valence-corrected chi connectivity index (χ4v) is 3.38. The van der Waals surface area contributed by atoms with Gasteiger partial charge >= 0.3 is 0 Å². The molecule has 3 aromatic rings. The minimum atomic E-state index is 0.527. The van der Waals surface area contributed by atoms with Crippen LogP contribution >= 0.6 is 0 Å². The first-order chi connectivity index (χ1) is 13.8. The Kier molecular flexibility index (Phi) is 5.23. The summed E-state index contributed by atoms with van der Waals surface area (Å²) in [6, 6.07) is 14.3. The lowest BCUT2D eigenvalue weighted by Crippen LogP contribution is -2.31. The van der Waals surface area contributed by atoms with Gasteiger partial charge in [-0.05, 0) is 35.2 Å². The van der Waals surface area contributed by atoms with E-state index in [4.69, 9.17) is 9.47 Å². The van der Waals surface area contributed by atoms with Crippen molar-refractivity contribution in [3.8, 4) is 11.5 Å². The lowest BCUT2D eigenvalue weighted by atomic mass is 9.99. The summed E-state index contributed by atoms with van der Waals surface area (Å²) in [5.41, 5.74) is 3.66. The number of fused-ring (bicyclic) bond motifs is 1.